The van der Waals surface area contributed by atoms with Crippen LogP contribution in [0.15, 0.2) is 6.33 Å². The largest absolute Gasteiger partial charge is 0.490 e. The van der Waals surface area contributed by atoms with Gasteiger partial charge in [0.25, 0.3) is 0 Å². The molecule has 146 valence electrons. The summed E-state index contributed by atoms with van der Waals surface area (Å²) >= 11 is 0. The van der Waals surface area contributed by atoms with Gasteiger partial charge in [0.05, 0.1) is 31.7 Å². The summed E-state index contributed by atoms with van der Waals surface area (Å²) in [4.78, 5) is 29.8. The van der Waals surface area contributed by atoms with Crippen LogP contribution in [0.3, 0.4) is 0 Å². The Kier molecular flexibility index (Phi) is 3.96. The summed E-state index contributed by atoms with van der Waals surface area (Å²) < 4.78 is 1.26. The van der Waals surface area contributed by atoms with Crippen molar-refractivity contribution in [2.24, 2.45) is 17.8 Å². The Bertz CT molecular complexity index is 719. The standard InChI is InChI=1S/C18H26N6O3/c25-16(11-23-12-19-17(20-23)24(26)27)21-1-3-22(4-2-21)18-8-13-5-14(9-18)7-15(6-13)10-18/h12-15H,1-11H2/p+1. The van der Waals surface area contributed by atoms with Gasteiger partial charge in [0, 0.05) is 24.4 Å². The molecule has 0 spiro atoms. The van der Waals surface area contributed by atoms with E-state index >= 15 is 0 Å². The molecule has 6 rings (SSSR count). The summed E-state index contributed by atoms with van der Waals surface area (Å²) in [6.45, 7) is 3.61. The summed E-state index contributed by atoms with van der Waals surface area (Å²) in [6, 6.07) is 0. The number of nitrogens with zero attached hydrogens (tertiary/aromatic N) is 5. The Morgan fingerprint density at radius 2 is 1.78 bits per heavy atom. The van der Waals surface area contributed by atoms with E-state index in [4.69, 9.17) is 0 Å². The van der Waals surface area contributed by atoms with Crippen LogP contribution in [0.1, 0.15) is 38.5 Å². The third-order valence-corrected chi connectivity index (χ3v) is 7.49. The van der Waals surface area contributed by atoms with Gasteiger partial charge in [-0.25, -0.2) is 0 Å². The van der Waals surface area contributed by atoms with Crippen LogP contribution >= 0.6 is 0 Å². The van der Waals surface area contributed by atoms with Gasteiger partial charge in [0.1, 0.15) is 6.54 Å². The molecule has 0 aromatic carbocycles. The van der Waals surface area contributed by atoms with Gasteiger partial charge in [-0.05, 0) is 41.9 Å². The van der Waals surface area contributed by atoms with Crippen molar-refractivity contribution in [1.82, 2.24) is 19.7 Å². The van der Waals surface area contributed by atoms with Crippen molar-refractivity contribution in [2.45, 2.75) is 50.6 Å². The first kappa shape index (κ1) is 17.1. The lowest BCUT2D eigenvalue weighted by atomic mass is 9.52. The van der Waals surface area contributed by atoms with E-state index in [9.17, 15) is 14.9 Å². The number of hydrogen-bond acceptors (Lipinski definition) is 5. The van der Waals surface area contributed by atoms with Crippen molar-refractivity contribution in [1.29, 1.82) is 0 Å². The highest BCUT2D eigenvalue weighted by Gasteiger charge is 2.56. The minimum absolute atomic E-state index is 0.0214. The molecule has 5 fully saturated rings. The Morgan fingerprint density at radius 1 is 1.19 bits per heavy atom. The van der Waals surface area contributed by atoms with Gasteiger partial charge in [-0.2, -0.15) is 4.68 Å². The van der Waals surface area contributed by atoms with Crippen molar-refractivity contribution in [3.05, 3.63) is 16.4 Å². The van der Waals surface area contributed by atoms with Crippen LogP contribution in [0.25, 0.3) is 0 Å². The fourth-order valence-corrected chi connectivity index (χ4v) is 6.78. The first-order valence-corrected chi connectivity index (χ1v) is 10.2. The maximum absolute atomic E-state index is 12.6. The molecule has 4 bridgehead atoms. The van der Waals surface area contributed by atoms with Gasteiger partial charge >= 0.3 is 5.95 Å². The zero-order chi connectivity index (χ0) is 18.6. The lowest BCUT2D eigenvalue weighted by molar-refractivity contribution is -0.962. The number of hydrogen-bond donors (Lipinski definition) is 1. The Labute approximate surface area is 157 Å². The van der Waals surface area contributed by atoms with Crippen molar-refractivity contribution in [2.75, 3.05) is 26.2 Å². The molecule has 0 atom stereocenters. The Morgan fingerprint density at radius 3 is 2.30 bits per heavy atom. The van der Waals surface area contributed by atoms with Crippen molar-refractivity contribution in [3.63, 3.8) is 0 Å². The first-order valence-electron chi connectivity index (χ1n) is 10.2. The lowest BCUT2D eigenvalue weighted by Crippen LogP contribution is -3.23. The van der Waals surface area contributed by atoms with E-state index in [1.54, 1.807) is 4.90 Å². The van der Waals surface area contributed by atoms with Gasteiger partial charge < -0.3 is 19.9 Å². The number of nitrogens with one attached hydrogen (secondary N) is 1. The van der Waals surface area contributed by atoms with E-state index < -0.39 is 10.9 Å². The molecule has 4 saturated carbocycles. The third-order valence-electron chi connectivity index (χ3n) is 7.49. The number of piperazine rings is 1. The smallest absolute Gasteiger partial charge is 0.390 e. The summed E-state index contributed by atoms with van der Waals surface area (Å²) in [5.74, 6) is 2.36. The van der Waals surface area contributed by atoms with Crippen molar-refractivity contribution < 1.29 is 14.6 Å². The van der Waals surface area contributed by atoms with E-state index in [0.29, 0.717) is 5.54 Å². The molecule has 1 saturated heterocycles. The predicted octanol–water partition coefficient (Wildman–Crippen LogP) is -0.118. The highest BCUT2D eigenvalue weighted by Crippen LogP contribution is 2.54. The fourth-order valence-electron chi connectivity index (χ4n) is 6.78. The van der Waals surface area contributed by atoms with Crippen molar-refractivity contribution in [3.8, 4) is 0 Å². The number of carbonyl (C=O) groups is 1. The molecule has 27 heavy (non-hydrogen) atoms. The van der Waals surface area contributed by atoms with E-state index in [1.807, 2.05) is 4.90 Å². The third kappa shape index (κ3) is 3.01. The maximum atomic E-state index is 12.6. The molecule has 1 amide bonds. The second kappa shape index (κ2) is 6.25. The Hall–Kier alpha value is -2.03. The van der Waals surface area contributed by atoms with E-state index in [1.165, 1.54) is 49.5 Å². The predicted molar refractivity (Wildman–Crippen MR) is 94.9 cm³/mol. The summed E-state index contributed by atoms with van der Waals surface area (Å²) in [7, 11) is 0. The molecule has 2 heterocycles. The molecule has 1 N–H and O–H groups in total. The van der Waals surface area contributed by atoms with Crippen LogP contribution in [-0.4, -0.2) is 62.2 Å². The van der Waals surface area contributed by atoms with Gasteiger partial charge in [0.2, 0.25) is 12.2 Å². The highest BCUT2D eigenvalue weighted by atomic mass is 16.6. The molecular weight excluding hydrogens is 348 g/mol. The second-order valence-electron chi connectivity index (χ2n) is 9.18. The maximum Gasteiger partial charge on any atom is 0.490 e. The van der Waals surface area contributed by atoms with Crippen LogP contribution in [0.4, 0.5) is 5.95 Å². The zero-order valence-corrected chi connectivity index (χ0v) is 15.5. The molecule has 0 unspecified atom stereocenters. The number of carbonyl (C=O) groups excluding carboxylic acids is 1. The Balaban J connectivity index is 1.19. The highest BCUT2D eigenvalue weighted by molar-refractivity contribution is 5.75. The topological polar surface area (TPSA) is 98.6 Å². The quantitative estimate of drug-likeness (QED) is 0.584. The van der Waals surface area contributed by atoms with Gasteiger partial charge in [-0.3, -0.25) is 4.79 Å². The van der Waals surface area contributed by atoms with Crippen LogP contribution in [0.2, 0.25) is 0 Å². The van der Waals surface area contributed by atoms with Gasteiger partial charge in [0.15, 0.2) is 0 Å². The normalized spacial score (nSPS) is 35.6. The average molecular weight is 375 g/mol. The number of quaternary nitrogens is 1. The number of aromatic nitrogens is 3. The molecule has 1 aromatic rings. The van der Waals surface area contributed by atoms with Crippen molar-refractivity contribution >= 4 is 11.9 Å². The molecule has 5 aliphatic rings. The van der Waals surface area contributed by atoms with Gasteiger partial charge in [-0.1, -0.05) is 4.98 Å². The summed E-state index contributed by atoms with van der Waals surface area (Å²) in [5.41, 5.74) is 0.483. The van der Waals surface area contributed by atoms with Crippen LogP contribution in [0.5, 0.6) is 0 Å². The van der Waals surface area contributed by atoms with Gasteiger partial charge in [-0.15, -0.1) is 0 Å². The van der Waals surface area contributed by atoms with E-state index in [2.05, 4.69) is 10.1 Å². The minimum Gasteiger partial charge on any atom is -0.390 e. The molecular formula is C18H27N6O3+. The number of amides is 1. The zero-order valence-electron chi connectivity index (χ0n) is 15.5. The molecule has 9 nitrogen and oxygen atoms in total. The molecule has 4 aliphatic carbocycles. The monoisotopic (exact) mass is 375 g/mol. The molecule has 1 aromatic heterocycles. The SMILES string of the molecule is O=C(Cn1cnc([N+](=O)[O-])n1)N1CC[NH+](C23CC4CC(CC(C4)C2)C3)CC1. The van der Waals surface area contributed by atoms with Crippen LogP contribution in [0, 0.1) is 27.9 Å². The average Bonchev–Trinajstić information content (AvgIpc) is 3.09. The summed E-state index contributed by atoms with van der Waals surface area (Å²) in [6.07, 6.45) is 9.82. The number of nitro groups is 1. The van der Waals surface area contributed by atoms with Crippen LogP contribution in [-0.2, 0) is 11.3 Å². The lowest BCUT2D eigenvalue weighted by Gasteiger charge is -2.59. The summed E-state index contributed by atoms with van der Waals surface area (Å²) in [5, 5.41) is 14.4. The molecule has 0 radical (unpaired) electrons. The van der Waals surface area contributed by atoms with E-state index in [0.717, 1.165) is 43.9 Å². The fraction of sp³-hybridized carbons (Fsp3) is 0.833. The molecule has 1 aliphatic heterocycles. The minimum atomic E-state index is -0.644. The molecule has 9 heteroatoms. The van der Waals surface area contributed by atoms with Crippen LogP contribution < -0.4 is 4.90 Å². The first-order chi connectivity index (χ1) is 13.0. The van der Waals surface area contributed by atoms with E-state index in [-0.39, 0.29) is 12.5 Å². The second-order valence-corrected chi connectivity index (χ2v) is 9.18. The number of rotatable bonds is 4.